The summed E-state index contributed by atoms with van der Waals surface area (Å²) in [6.07, 6.45) is 9.23. The molecule has 2 aliphatic rings. The van der Waals surface area contributed by atoms with E-state index in [0.29, 0.717) is 18.6 Å². The minimum Gasteiger partial charge on any atom is -0.476 e. The van der Waals surface area contributed by atoms with Gasteiger partial charge in [-0.2, -0.15) is 5.26 Å². The molecule has 1 amide bonds. The summed E-state index contributed by atoms with van der Waals surface area (Å²) in [6, 6.07) is 10.7. The third-order valence-corrected chi connectivity index (χ3v) is 9.51. The lowest BCUT2D eigenvalue weighted by atomic mass is 9.64. The molecule has 1 aliphatic carbocycles. The van der Waals surface area contributed by atoms with Crippen molar-refractivity contribution in [3.05, 3.63) is 66.2 Å². The smallest absolute Gasteiger partial charge is 0.263 e. The molecule has 0 atom stereocenters. The molecule has 1 fully saturated rings. The van der Waals surface area contributed by atoms with E-state index < -0.39 is 15.4 Å². The summed E-state index contributed by atoms with van der Waals surface area (Å²) in [4.78, 5) is 29.9. The number of fused-ring (bicyclic) bond motifs is 4. The Morgan fingerprint density at radius 2 is 1.89 bits per heavy atom. The topological polar surface area (TPSA) is 141 Å². The summed E-state index contributed by atoms with van der Waals surface area (Å²) in [5, 5.41) is 10.1. The number of amides is 1. The largest absolute Gasteiger partial charge is 0.476 e. The van der Waals surface area contributed by atoms with Gasteiger partial charge in [-0.15, -0.1) is 12.4 Å². The molecule has 0 bridgehead atoms. The maximum Gasteiger partial charge on any atom is 0.263 e. The van der Waals surface area contributed by atoms with Crippen LogP contribution >= 0.6 is 12.4 Å². The van der Waals surface area contributed by atoms with Crippen LogP contribution in [-0.2, 0) is 20.2 Å². The van der Waals surface area contributed by atoms with Crippen molar-refractivity contribution in [1.29, 1.82) is 5.26 Å². The van der Waals surface area contributed by atoms with Gasteiger partial charge in [0.1, 0.15) is 16.7 Å². The number of sulfonamides is 1. The zero-order valence-electron chi connectivity index (χ0n) is 24.6. The first-order chi connectivity index (χ1) is 20.6. The van der Waals surface area contributed by atoms with Crippen LogP contribution in [0.3, 0.4) is 0 Å². The number of nitrogens with one attached hydrogen (secondary N) is 1. The maximum absolute atomic E-state index is 13.4. The average Bonchev–Trinajstić information content (AvgIpc) is 3.22. The molecule has 0 saturated heterocycles. The Hall–Kier alpha value is -4.31. The van der Waals surface area contributed by atoms with Crippen molar-refractivity contribution in [3.8, 4) is 23.1 Å². The monoisotopic (exact) mass is 633 g/mol. The van der Waals surface area contributed by atoms with Crippen molar-refractivity contribution in [2.75, 3.05) is 43.9 Å². The van der Waals surface area contributed by atoms with Gasteiger partial charge in [0.15, 0.2) is 0 Å². The van der Waals surface area contributed by atoms with E-state index in [0.717, 1.165) is 53.5 Å². The van der Waals surface area contributed by atoms with E-state index in [1.807, 2.05) is 43.3 Å². The lowest BCUT2D eigenvalue weighted by Crippen LogP contribution is -2.43. The second-order valence-electron chi connectivity index (χ2n) is 11.3. The molecule has 1 N–H and O–H groups in total. The highest BCUT2D eigenvalue weighted by Gasteiger charge is 2.54. The number of hydrogen-bond acceptors (Lipinski definition) is 9. The van der Waals surface area contributed by atoms with Gasteiger partial charge >= 0.3 is 0 Å². The standard InChI is InChI=1S/C31H31N7O4S.ClH/c1-37(2)10-5-11-42-29-26(36-43(40,41)23-12-20(15-32)16-33-18-23)14-22(17-35-29)21-6-7-25-24(13-21)28-27(19-34-25)38(3)30(39)31(28)8-4-9-31;/h6-7,12-14,16-19,36H,4-5,8-11H2,1-3H3;1H. The van der Waals surface area contributed by atoms with E-state index >= 15 is 0 Å². The summed E-state index contributed by atoms with van der Waals surface area (Å²) in [7, 11) is 1.60. The predicted molar refractivity (Wildman–Crippen MR) is 170 cm³/mol. The fraction of sp³-hybridized carbons (Fsp3) is 0.323. The van der Waals surface area contributed by atoms with Crippen molar-refractivity contribution >= 4 is 50.6 Å². The van der Waals surface area contributed by atoms with Crippen LogP contribution in [0.2, 0.25) is 0 Å². The number of likely N-dealkylation sites (N-methyl/N-ethyl adjacent to an activating group) is 1. The highest BCUT2D eigenvalue weighted by atomic mass is 35.5. The van der Waals surface area contributed by atoms with Crippen LogP contribution in [0.1, 0.15) is 36.8 Å². The maximum atomic E-state index is 13.4. The van der Waals surface area contributed by atoms with Crippen LogP contribution in [0, 0.1) is 11.3 Å². The molecule has 4 aromatic rings. The van der Waals surface area contributed by atoms with Crippen LogP contribution in [0.4, 0.5) is 11.4 Å². The molecule has 1 aromatic carbocycles. The molecule has 1 spiro atoms. The van der Waals surface area contributed by atoms with E-state index in [9.17, 15) is 18.5 Å². The zero-order chi connectivity index (χ0) is 30.4. The number of benzene rings is 1. The average molecular weight is 634 g/mol. The molecule has 228 valence electrons. The van der Waals surface area contributed by atoms with Gasteiger partial charge in [0, 0.05) is 48.7 Å². The highest BCUT2D eigenvalue weighted by Crippen LogP contribution is 2.55. The summed E-state index contributed by atoms with van der Waals surface area (Å²) in [6.45, 7) is 1.13. The first-order valence-electron chi connectivity index (χ1n) is 14.0. The van der Waals surface area contributed by atoms with E-state index in [1.54, 1.807) is 30.4 Å². The predicted octanol–water partition coefficient (Wildman–Crippen LogP) is 4.51. The number of ether oxygens (including phenoxy) is 1. The lowest BCUT2D eigenvalue weighted by molar-refractivity contribution is -0.125. The molecule has 13 heteroatoms. The second kappa shape index (κ2) is 12.0. The molecule has 6 rings (SSSR count). The highest BCUT2D eigenvalue weighted by molar-refractivity contribution is 7.92. The lowest BCUT2D eigenvalue weighted by Gasteiger charge is -2.37. The quantitative estimate of drug-likeness (QED) is 0.263. The van der Waals surface area contributed by atoms with Crippen LogP contribution in [0.25, 0.3) is 22.0 Å². The van der Waals surface area contributed by atoms with Crippen molar-refractivity contribution in [2.45, 2.75) is 36.0 Å². The summed E-state index contributed by atoms with van der Waals surface area (Å²) in [5.41, 5.74) is 3.85. The molecule has 3 aromatic heterocycles. The molecule has 0 unspecified atom stereocenters. The number of rotatable bonds is 9. The molecular formula is C31H32ClN7O4S. The van der Waals surface area contributed by atoms with Crippen molar-refractivity contribution < 1.29 is 17.9 Å². The molecule has 11 nitrogen and oxygen atoms in total. The third-order valence-electron chi connectivity index (χ3n) is 8.18. The molecular weight excluding hydrogens is 602 g/mol. The number of aromatic nitrogens is 3. The third kappa shape index (κ3) is 5.43. The SMILES string of the molecule is CN(C)CCCOc1ncc(-c2ccc3ncc4c(c3c2)C2(CCC2)C(=O)N4C)cc1NS(=O)(=O)c1cncc(C#N)c1.Cl. The van der Waals surface area contributed by atoms with Crippen LogP contribution in [0.5, 0.6) is 5.88 Å². The molecule has 44 heavy (non-hydrogen) atoms. The number of hydrogen-bond donors (Lipinski definition) is 1. The van der Waals surface area contributed by atoms with Gasteiger partial charge < -0.3 is 14.5 Å². The fourth-order valence-corrected chi connectivity index (χ4v) is 6.86. The Kier molecular flexibility index (Phi) is 8.49. The Morgan fingerprint density at radius 3 is 2.59 bits per heavy atom. The molecule has 1 saturated carbocycles. The summed E-state index contributed by atoms with van der Waals surface area (Å²) >= 11 is 0. The van der Waals surface area contributed by atoms with Gasteiger partial charge in [-0.3, -0.25) is 19.5 Å². The van der Waals surface area contributed by atoms with Crippen LogP contribution in [-0.4, -0.2) is 68.5 Å². The molecule has 0 radical (unpaired) electrons. The normalized spacial score (nSPS) is 15.1. The van der Waals surface area contributed by atoms with Gasteiger partial charge in [-0.05, 0) is 63.2 Å². The van der Waals surface area contributed by atoms with E-state index in [1.165, 1.54) is 18.5 Å². The first kappa shape index (κ1) is 31.1. The first-order valence-corrected chi connectivity index (χ1v) is 15.5. The fourth-order valence-electron chi connectivity index (χ4n) is 5.83. The minimum atomic E-state index is -4.12. The van der Waals surface area contributed by atoms with Gasteiger partial charge in [-0.25, -0.2) is 13.4 Å². The van der Waals surface area contributed by atoms with Gasteiger partial charge in [-0.1, -0.05) is 12.5 Å². The minimum absolute atomic E-state index is 0. The Bertz CT molecular complexity index is 1910. The van der Waals surface area contributed by atoms with Crippen LogP contribution in [0.15, 0.2) is 60.0 Å². The number of carbonyl (C=O) groups excluding carboxylic acids is 1. The van der Waals surface area contributed by atoms with Crippen molar-refractivity contribution in [2.24, 2.45) is 0 Å². The van der Waals surface area contributed by atoms with Gasteiger partial charge in [0.05, 0.1) is 35.0 Å². The summed E-state index contributed by atoms with van der Waals surface area (Å²) in [5.74, 6) is 0.247. The Labute approximate surface area is 262 Å². The Morgan fingerprint density at radius 1 is 1.09 bits per heavy atom. The number of anilines is 2. The molecule has 4 heterocycles. The number of pyridine rings is 3. The number of halogens is 1. The van der Waals surface area contributed by atoms with E-state index in [-0.39, 0.29) is 40.3 Å². The number of nitriles is 1. The van der Waals surface area contributed by atoms with Crippen molar-refractivity contribution in [3.63, 3.8) is 0 Å². The van der Waals surface area contributed by atoms with Gasteiger partial charge in [0.25, 0.3) is 10.0 Å². The number of nitrogens with zero attached hydrogens (tertiary/aromatic N) is 6. The Balaban J connectivity index is 0.00000384. The molecule has 1 aliphatic heterocycles. The van der Waals surface area contributed by atoms with E-state index in [2.05, 4.69) is 19.7 Å². The van der Waals surface area contributed by atoms with Crippen LogP contribution < -0.4 is 14.4 Å². The second-order valence-corrected chi connectivity index (χ2v) is 12.9. The van der Waals surface area contributed by atoms with E-state index in [4.69, 9.17) is 4.74 Å². The number of carbonyl (C=O) groups is 1. The van der Waals surface area contributed by atoms with Gasteiger partial charge in [0.2, 0.25) is 11.8 Å². The summed E-state index contributed by atoms with van der Waals surface area (Å²) < 4.78 is 35.3. The zero-order valence-corrected chi connectivity index (χ0v) is 26.2. The van der Waals surface area contributed by atoms with Crippen molar-refractivity contribution in [1.82, 2.24) is 19.9 Å².